The topological polar surface area (TPSA) is 40.5 Å². The van der Waals surface area contributed by atoms with E-state index in [2.05, 4.69) is 0 Å². The van der Waals surface area contributed by atoms with Gasteiger partial charge in [-0.2, -0.15) is 0 Å². The fraction of sp³-hybridized carbons (Fsp3) is 0.312. The highest BCUT2D eigenvalue weighted by atomic mass is 35.5. The van der Waals surface area contributed by atoms with Crippen LogP contribution in [0.25, 0.3) is 0 Å². The van der Waals surface area contributed by atoms with Crippen molar-refractivity contribution in [1.82, 2.24) is 4.90 Å². The van der Waals surface area contributed by atoms with Crippen molar-refractivity contribution in [2.45, 2.75) is 24.9 Å². The molecule has 2 unspecified atom stereocenters. The van der Waals surface area contributed by atoms with Gasteiger partial charge in [0, 0.05) is 11.4 Å². The van der Waals surface area contributed by atoms with Crippen molar-refractivity contribution >= 4 is 40.5 Å². The molecule has 3 rings (SSSR count). The molecule has 116 valence electrons. The van der Waals surface area contributed by atoms with Crippen LogP contribution in [0.15, 0.2) is 35.7 Å². The van der Waals surface area contributed by atoms with Crippen LogP contribution in [0.4, 0.5) is 0 Å². The first kappa shape index (κ1) is 15.8. The molecule has 0 aliphatic carbocycles. The minimum Gasteiger partial charge on any atom is -0.480 e. The van der Waals surface area contributed by atoms with E-state index in [-0.39, 0.29) is 6.04 Å². The Bertz CT molecular complexity index is 675. The summed E-state index contributed by atoms with van der Waals surface area (Å²) in [5.74, 6) is -0.765. The molecule has 0 saturated carbocycles. The Morgan fingerprint density at radius 3 is 2.77 bits per heavy atom. The number of likely N-dealkylation sites (tertiary alicyclic amines) is 1. The van der Waals surface area contributed by atoms with Crippen molar-refractivity contribution < 1.29 is 9.90 Å². The van der Waals surface area contributed by atoms with Crippen LogP contribution in [0.1, 0.15) is 29.3 Å². The number of hydrogen-bond donors (Lipinski definition) is 1. The summed E-state index contributed by atoms with van der Waals surface area (Å²) in [6.07, 6.45) is 1.57. The average Bonchev–Trinajstić information content (AvgIpc) is 3.15. The minimum atomic E-state index is -0.765. The Hall–Kier alpha value is -1.07. The second kappa shape index (κ2) is 6.59. The highest BCUT2D eigenvalue weighted by Gasteiger charge is 2.37. The summed E-state index contributed by atoms with van der Waals surface area (Å²) >= 11 is 13.8. The van der Waals surface area contributed by atoms with Gasteiger partial charge in [-0.25, -0.2) is 0 Å². The molecule has 6 heteroatoms. The fourth-order valence-electron chi connectivity index (χ4n) is 3.01. The molecule has 1 aromatic heterocycles. The molecule has 1 aliphatic heterocycles. The van der Waals surface area contributed by atoms with Crippen LogP contribution in [0.5, 0.6) is 0 Å². The Morgan fingerprint density at radius 1 is 1.32 bits per heavy atom. The number of halogens is 2. The molecule has 1 fully saturated rings. The summed E-state index contributed by atoms with van der Waals surface area (Å²) in [4.78, 5) is 14.7. The van der Waals surface area contributed by atoms with E-state index in [0.29, 0.717) is 16.5 Å². The molecule has 1 aliphatic rings. The summed E-state index contributed by atoms with van der Waals surface area (Å²) in [5, 5.41) is 12.5. The van der Waals surface area contributed by atoms with Crippen molar-refractivity contribution in [2.75, 3.05) is 6.54 Å². The molecular formula is C16H15Cl2NO2S. The molecule has 0 bridgehead atoms. The Labute approximate surface area is 143 Å². The third kappa shape index (κ3) is 3.01. The first-order valence-electron chi connectivity index (χ1n) is 7.05. The van der Waals surface area contributed by atoms with Gasteiger partial charge in [-0.1, -0.05) is 35.3 Å². The summed E-state index contributed by atoms with van der Waals surface area (Å²) in [6, 6.07) is 9.00. The quantitative estimate of drug-likeness (QED) is 0.864. The van der Waals surface area contributed by atoms with E-state index in [4.69, 9.17) is 23.2 Å². The lowest BCUT2D eigenvalue weighted by atomic mass is 10.0. The molecule has 3 nitrogen and oxygen atoms in total. The smallest absolute Gasteiger partial charge is 0.320 e. The molecule has 2 atom stereocenters. The average molecular weight is 356 g/mol. The van der Waals surface area contributed by atoms with Gasteiger partial charge in [0.25, 0.3) is 0 Å². The van der Waals surface area contributed by atoms with Crippen molar-refractivity contribution in [3.8, 4) is 0 Å². The van der Waals surface area contributed by atoms with Crippen LogP contribution in [0.2, 0.25) is 10.0 Å². The number of carboxylic acid groups (broad SMARTS) is 1. The molecule has 0 amide bonds. The third-order valence-corrected chi connectivity index (χ3v) is 5.65. The number of carbonyl (C=O) groups is 1. The highest BCUT2D eigenvalue weighted by molar-refractivity contribution is 7.10. The second-order valence-electron chi connectivity index (χ2n) is 5.33. The summed E-state index contributed by atoms with van der Waals surface area (Å²) in [5.41, 5.74) is 0.977. The molecule has 0 spiro atoms. The van der Waals surface area contributed by atoms with Crippen LogP contribution >= 0.6 is 34.5 Å². The molecule has 2 heterocycles. The van der Waals surface area contributed by atoms with Gasteiger partial charge in [0.2, 0.25) is 0 Å². The zero-order valence-corrected chi connectivity index (χ0v) is 14.0. The predicted molar refractivity (Wildman–Crippen MR) is 90.0 cm³/mol. The van der Waals surface area contributed by atoms with Crippen LogP contribution < -0.4 is 0 Å². The lowest BCUT2D eigenvalue weighted by molar-refractivity contribution is -0.142. The van der Waals surface area contributed by atoms with Crippen LogP contribution in [-0.4, -0.2) is 28.6 Å². The lowest BCUT2D eigenvalue weighted by Gasteiger charge is -2.31. The van der Waals surface area contributed by atoms with Crippen LogP contribution in [0.3, 0.4) is 0 Å². The summed E-state index contributed by atoms with van der Waals surface area (Å²) in [6.45, 7) is 0.764. The first-order chi connectivity index (χ1) is 10.6. The highest BCUT2D eigenvalue weighted by Crippen LogP contribution is 2.38. The standard InChI is InChI=1S/C16H15Cl2NO2S/c17-11-6-5-10(9-12(11)18)15(14-4-2-8-22-14)19-7-1-3-13(19)16(20)21/h2,4-6,8-9,13,15H,1,3,7H2,(H,20,21). The van der Waals surface area contributed by atoms with Gasteiger partial charge < -0.3 is 5.11 Å². The van der Waals surface area contributed by atoms with E-state index in [1.807, 2.05) is 34.5 Å². The normalized spacial score (nSPS) is 20.2. The molecule has 22 heavy (non-hydrogen) atoms. The van der Waals surface area contributed by atoms with Gasteiger partial charge in [0.1, 0.15) is 6.04 Å². The molecule has 1 aromatic carbocycles. The fourth-order valence-corrected chi connectivity index (χ4v) is 4.19. The number of nitrogens with zero attached hydrogens (tertiary/aromatic N) is 1. The maximum atomic E-state index is 11.6. The van der Waals surface area contributed by atoms with E-state index < -0.39 is 12.0 Å². The number of aliphatic carboxylic acids is 1. The van der Waals surface area contributed by atoms with E-state index >= 15 is 0 Å². The van der Waals surface area contributed by atoms with Gasteiger partial charge in [-0.05, 0) is 42.0 Å². The van der Waals surface area contributed by atoms with Crippen molar-refractivity contribution in [3.63, 3.8) is 0 Å². The second-order valence-corrected chi connectivity index (χ2v) is 7.12. The predicted octanol–water partition coefficient (Wildman–Crippen LogP) is 4.69. The van der Waals surface area contributed by atoms with Crippen molar-refractivity contribution in [2.24, 2.45) is 0 Å². The van der Waals surface area contributed by atoms with Crippen molar-refractivity contribution in [1.29, 1.82) is 0 Å². The Morgan fingerprint density at radius 2 is 2.14 bits per heavy atom. The number of hydrogen-bond acceptors (Lipinski definition) is 3. The van der Waals surface area contributed by atoms with Crippen LogP contribution in [0, 0.1) is 0 Å². The van der Waals surface area contributed by atoms with Gasteiger partial charge >= 0.3 is 5.97 Å². The number of carboxylic acids is 1. The van der Waals surface area contributed by atoms with Gasteiger partial charge in [0.15, 0.2) is 0 Å². The van der Waals surface area contributed by atoms with Crippen molar-refractivity contribution in [3.05, 3.63) is 56.2 Å². The van der Waals surface area contributed by atoms with E-state index in [1.165, 1.54) is 0 Å². The number of thiophene rings is 1. The van der Waals surface area contributed by atoms with Gasteiger partial charge in [0.05, 0.1) is 16.1 Å². The monoisotopic (exact) mass is 355 g/mol. The minimum absolute atomic E-state index is 0.0987. The maximum absolute atomic E-state index is 11.6. The molecule has 1 N–H and O–H groups in total. The molecule has 1 saturated heterocycles. The maximum Gasteiger partial charge on any atom is 0.320 e. The number of rotatable bonds is 4. The Kier molecular flexibility index (Phi) is 4.73. The molecule has 0 radical (unpaired) electrons. The van der Waals surface area contributed by atoms with E-state index in [1.54, 1.807) is 17.4 Å². The van der Waals surface area contributed by atoms with E-state index in [0.717, 1.165) is 23.4 Å². The molecular weight excluding hydrogens is 341 g/mol. The zero-order chi connectivity index (χ0) is 15.7. The summed E-state index contributed by atoms with van der Waals surface area (Å²) in [7, 11) is 0. The third-order valence-electron chi connectivity index (χ3n) is 3.98. The first-order valence-corrected chi connectivity index (χ1v) is 8.68. The number of benzene rings is 1. The van der Waals surface area contributed by atoms with E-state index in [9.17, 15) is 9.90 Å². The zero-order valence-electron chi connectivity index (χ0n) is 11.7. The SMILES string of the molecule is O=C(O)C1CCCN1C(c1ccc(Cl)c(Cl)c1)c1cccs1. The molecule has 2 aromatic rings. The largest absolute Gasteiger partial charge is 0.480 e. The van der Waals surface area contributed by atoms with Gasteiger partial charge in [-0.15, -0.1) is 11.3 Å². The van der Waals surface area contributed by atoms with Gasteiger partial charge in [-0.3, -0.25) is 9.69 Å². The lowest BCUT2D eigenvalue weighted by Crippen LogP contribution is -2.39. The van der Waals surface area contributed by atoms with Crippen LogP contribution in [-0.2, 0) is 4.79 Å². The Balaban J connectivity index is 2.04. The summed E-state index contributed by atoms with van der Waals surface area (Å²) < 4.78 is 0.